The lowest BCUT2D eigenvalue weighted by Crippen LogP contribution is -2.36. The molecule has 6 nitrogen and oxygen atoms in total. The third kappa shape index (κ3) is 3.95. The van der Waals surface area contributed by atoms with Crippen LogP contribution in [0.1, 0.15) is 24.2 Å². The molecule has 2 aromatic rings. The maximum atomic E-state index is 13.6. The van der Waals surface area contributed by atoms with Gasteiger partial charge < -0.3 is 15.4 Å². The minimum absolute atomic E-state index is 0.176. The summed E-state index contributed by atoms with van der Waals surface area (Å²) in [5, 5.41) is 11.9. The van der Waals surface area contributed by atoms with E-state index in [2.05, 4.69) is 20.8 Å². The first-order chi connectivity index (χ1) is 10.1. The van der Waals surface area contributed by atoms with Crippen LogP contribution < -0.4 is 15.4 Å². The van der Waals surface area contributed by atoms with E-state index in [1.165, 1.54) is 19.2 Å². The number of H-pyrrole nitrogens is 1. The van der Waals surface area contributed by atoms with Crippen LogP contribution in [0.5, 0.6) is 5.75 Å². The molecule has 1 aromatic carbocycles. The summed E-state index contributed by atoms with van der Waals surface area (Å²) in [5.74, 6) is -0.281. The van der Waals surface area contributed by atoms with E-state index in [9.17, 15) is 9.18 Å². The van der Waals surface area contributed by atoms with Crippen LogP contribution in [0.3, 0.4) is 0 Å². The minimum Gasteiger partial charge on any atom is -0.494 e. The quantitative estimate of drug-likeness (QED) is 0.789. The number of halogens is 1. The van der Waals surface area contributed by atoms with Gasteiger partial charge in [0.25, 0.3) is 0 Å². The van der Waals surface area contributed by atoms with Crippen molar-refractivity contribution in [2.24, 2.45) is 0 Å². The van der Waals surface area contributed by atoms with E-state index in [1.54, 1.807) is 25.3 Å². The fourth-order valence-electron chi connectivity index (χ4n) is 1.84. The average Bonchev–Trinajstić information content (AvgIpc) is 2.98. The number of urea groups is 1. The maximum Gasteiger partial charge on any atom is 0.315 e. The zero-order chi connectivity index (χ0) is 15.2. The van der Waals surface area contributed by atoms with Gasteiger partial charge in [0.2, 0.25) is 0 Å². The highest BCUT2D eigenvalue weighted by molar-refractivity contribution is 5.74. The summed E-state index contributed by atoms with van der Waals surface area (Å²) in [4.78, 5) is 11.8. The molecule has 1 unspecified atom stereocenters. The predicted octanol–water partition coefficient (Wildman–Crippen LogP) is 2.12. The SMILES string of the molecule is COc1ccc(C(C)NC(=O)NCc2ccn[nH]2)cc1F. The number of hydrogen-bond donors (Lipinski definition) is 3. The molecule has 1 aromatic heterocycles. The number of nitrogens with one attached hydrogen (secondary N) is 3. The summed E-state index contributed by atoms with van der Waals surface area (Å²) < 4.78 is 18.5. The largest absolute Gasteiger partial charge is 0.494 e. The van der Waals surface area contributed by atoms with Crippen LogP contribution in [0.2, 0.25) is 0 Å². The molecule has 0 spiro atoms. The van der Waals surface area contributed by atoms with Gasteiger partial charge in [-0.15, -0.1) is 0 Å². The van der Waals surface area contributed by atoms with Gasteiger partial charge in [-0.1, -0.05) is 6.07 Å². The molecule has 0 aliphatic heterocycles. The highest BCUT2D eigenvalue weighted by Gasteiger charge is 2.12. The van der Waals surface area contributed by atoms with Gasteiger partial charge in [0.1, 0.15) is 0 Å². The summed E-state index contributed by atoms with van der Waals surface area (Å²) in [5.41, 5.74) is 1.46. The normalized spacial score (nSPS) is 11.8. The lowest BCUT2D eigenvalue weighted by Gasteiger charge is -2.15. The van der Waals surface area contributed by atoms with Gasteiger partial charge in [-0.05, 0) is 30.7 Å². The molecule has 0 aliphatic carbocycles. The van der Waals surface area contributed by atoms with Gasteiger partial charge in [-0.25, -0.2) is 9.18 Å². The van der Waals surface area contributed by atoms with Crippen LogP contribution in [-0.4, -0.2) is 23.3 Å². The standard InChI is InChI=1S/C14H17FN4O2/c1-9(10-3-4-13(21-2)12(15)7-10)18-14(20)16-8-11-5-6-17-19-11/h3-7,9H,8H2,1-2H3,(H,17,19)(H2,16,18,20). The second kappa shape index (κ2) is 6.74. The molecule has 7 heteroatoms. The van der Waals surface area contributed by atoms with Gasteiger partial charge in [-0.2, -0.15) is 5.10 Å². The number of nitrogens with zero attached hydrogens (tertiary/aromatic N) is 1. The Morgan fingerprint density at radius 2 is 2.29 bits per heavy atom. The second-order valence-electron chi connectivity index (χ2n) is 4.52. The minimum atomic E-state index is -0.457. The molecule has 3 N–H and O–H groups in total. The number of aromatic nitrogens is 2. The van der Waals surface area contributed by atoms with Crippen molar-refractivity contribution < 1.29 is 13.9 Å². The monoisotopic (exact) mass is 292 g/mol. The summed E-state index contributed by atoms with van der Waals surface area (Å²) in [6, 6.07) is 5.69. The first-order valence-electron chi connectivity index (χ1n) is 6.46. The van der Waals surface area contributed by atoms with E-state index in [-0.39, 0.29) is 17.8 Å². The Morgan fingerprint density at radius 1 is 1.48 bits per heavy atom. The van der Waals surface area contributed by atoms with Gasteiger partial charge in [0.15, 0.2) is 11.6 Å². The first-order valence-corrected chi connectivity index (χ1v) is 6.46. The van der Waals surface area contributed by atoms with Crippen molar-refractivity contribution in [1.82, 2.24) is 20.8 Å². The Bertz CT molecular complexity index is 601. The van der Waals surface area contributed by atoms with E-state index in [0.29, 0.717) is 12.1 Å². The Hall–Kier alpha value is -2.57. The molecule has 0 saturated heterocycles. The fourth-order valence-corrected chi connectivity index (χ4v) is 1.84. The number of ether oxygens (including phenoxy) is 1. The maximum absolute atomic E-state index is 13.6. The highest BCUT2D eigenvalue weighted by Crippen LogP contribution is 2.21. The van der Waals surface area contributed by atoms with E-state index >= 15 is 0 Å². The van der Waals surface area contributed by atoms with Crippen LogP contribution in [0.4, 0.5) is 9.18 Å². The third-order valence-electron chi connectivity index (χ3n) is 3.02. The fraction of sp³-hybridized carbons (Fsp3) is 0.286. The predicted molar refractivity (Wildman–Crippen MR) is 75.3 cm³/mol. The number of carbonyl (C=O) groups is 1. The van der Waals surface area contributed by atoms with Crippen LogP contribution in [-0.2, 0) is 6.54 Å². The molecule has 21 heavy (non-hydrogen) atoms. The number of rotatable bonds is 5. The topological polar surface area (TPSA) is 79.0 Å². The molecule has 1 heterocycles. The van der Waals surface area contributed by atoms with Gasteiger partial charge in [0.05, 0.1) is 25.4 Å². The van der Waals surface area contributed by atoms with Crippen LogP contribution >= 0.6 is 0 Å². The van der Waals surface area contributed by atoms with Gasteiger partial charge >= 0.3 is 6.03 Å². The summed E-state index contributed by atoms with van der Waals surface area (Å²) in [7, 11) is 1.41. The highest BCUT2D eigenvalue weighted by atomic mass is 19.1. The number of aromatic amines is 1. The molecule has 0 radical (unpaired) electrons. The number of carbonyl (C=O) groups excluding carboxylic acids is 1. The first kappa shape index (κ1) is 14.8. The molecular weight excluding hydrogens is 275 g/mol. The number of benzene rings is 1. The van der Waals surface area contributed by atoms with Crippen molar-refractivity contribution in [3.8, 4) is 5.75 Å². The molecule has 0 saturated carbocycles. The zero-order valence-electron chi connectivity index (χ0n) is 11.8. The Kier molecular flexibility index (Phi) is 4.76. The average molecular weight is 292 g/mol. The van der Waals surface area contributed by atoms with Crippen molar-refractivity contribution in [3.05, 3.63) is 47.5 Å². The molecule has 2 amide bonds. The lowest BCUT2D eigenvalue weighted by atomic mass is 10.1. The number of methoxy groups -OCH3 is 1. The summed E-state index contributed by atoms with van der Waals surface area (Å²) >= 11 is 0. The van der Waals surface area contributed by atoms with Crippen LogP contribution in [0.15, 0.2) is 30.5 Å². The molecule has 0 fully saturated rings. The second-order valence-corrected chi connectivity index (χ2v) is 4.52. The molecule has 0 aliphatic rings. The summed E-state index contributed by atoms with van der Waals surface area (Å²) in [6.45, 7) is 2.12. The molecule has 0 bridgehead atoms. The van der Waals surface area contributed by atoms with Gasteiger partial charge in [0, 0.05) is 6.20 Å². The van der Waals surface area contributed by atoms with Crippen LogP contribution in [0.25, 0.3) is 0 Å². The molecular formula is C14H17FN4O2. The van der Waals surface area contributed by atoms with Crippen molar-refractivity contribution in [2.75, 3.05) is 7.11 Å². The smallest absolute Gasteiger partial charge is 0.315 e. The number of hydrogen-bond acceptors (Lipinski definition) is 3. The van der Waals surface area contributed by atoms with Gasteiger partial charge in [-0.3, -0.25) is 5.10 Å². The van der Waals surface area contributed by atoms with E-state index < -0.39 is 5.82 Å². The molecule has 112 valence electrons. The van der Waals surface area contributed by atoms with Crippen molar-refractivity contribution in [1.29, 1.82) is 0 Å². The van der Waals surface area contributed by atoms with E-state index in [0.717, 1.165) is 5.69 Å². The number of amides is 2. The Labute approximate surface area is 121 Å². The lowest BCUT2D eigenvalue weighted by molar-refractivity contribution is 0.237. The Morgan fingerprint density at radius 3 is 2.90 bits per heavy atom. The van der Waals surface area contributed by atoms with Crippen molar-refractivity contribution in [2.45, 2.75) is 19.5 Å². The van der Waals surface area contributed by atoms with E-state index in [4.69, 9.17) is 4.74 Å². The van der Waals surface area contributed by atoms with E-state index in [1.807, 2.05) is 0 Å². The van der Waals surface area contributed by atoms with Crippen LogP contribution in [0, 0.1) is 5.82 Å². The van der Waals surface area contributed by atoms with Crippen molar-refractivity contribution in [3.63, 3.8) is 0 Å². The van der Waals surface area contributed by atoms with Crippen molar-refractivity contribution >= 4 is 6.03 Å². The molecule has 2 rings (SSSR count). The third-order valence-corrected chi connectivity index (χ3v) is 3.02. The Balaban J connectivity index is 1.89. The molecule has 1 atom stereocenters. The summed E-state index contributed by atoms with van der Waals surface area (Å²) in [6.07, 6.45) is 1.61. The zero-order valence-corrected chi connectivity index (χ0v) is 11.8.